The summed E-state index contributed by atoms with van der Waals surface area (Å²) < 4.78 is 11.5. The van der Waals surface area contributed by atoms with Crippen molar-refractivity contribution in [3.05, 3.63) is 43.1 Å². The largest absolute Gasteiger partial charge is 0.460 e. The standard InChI is InChI=1S/C12H8Br2O4/c1-2-17-12(16)10-5-9(15)7-3-6(13)4-8(14)11(7)18-10/h3-5H,2H2,1H3. The first kappa shape index (κ1) is 13.3. The van der Waals surface area contributed by atoms with Crippen molar-refractivity contribution >= 4 is 48.8 Å². The van der Waals surface area contributed by atoms with Crippen LogP contribution in [0, 0.1) is 0 Å². The highest BCUT2D eigenvalue weighted by atomic mass is 79.9. The topological polar surface area (TPSA) is 56.5 Å². The SMILES string of the molecule is CCOC(=O)c1cc(=O)c2cc(Br)cc(Br)c2o1. The molecular formula is C12H8Br2O4. The molecule has 0 saturated carbocycles. The molecule has 0 bridgehead atoms. The second kappa shape index (κ2) is 5.24. The molecule has 1 aromatic carbocycles. The number of rotatable bonds is 2. The third kappa shape index (κ3) is 2.49. The van der Waals surface area contributed by atoms with E-state index in [9.17, 15) is 9.59 Å². The van der Waals surface area contributed by atoms with Crippen LogP contribution in [0.4, 0.5) is 0 Å². The molecule has 4 nitrogen and oxygen atoms in total. The van der Waals surface area contributed by atoms with E-state index in [-0.39, 0.29) is 17.8 Å². The first-order valence-electron chi connectivity index (χ1n) is 5.13. The molecule has 94 valence electrons. The Bertz CT molecular complexity index is 676. The molecule has 0 saturated heterocycles. The number of halogens is 2. The molecule has 18 heavy (non-hydrogen) atoms. The molecule has 0 N–H and O–H groups in total. The van der Waals surface area contributed by atoms with Crippen LogP contribution in [0.1, 0.15) is 17.5 Å². The first-order chi connectivity index (χ1) is 8.52. The number of carbonyl (C=O) groups is 1. The van der Waals surface area contributed by atoms with Gasteiger partial charge in [-0.2, -0.15) is 0 Å². The molecule has 0 aliphatic rings. The maximum Gasteiger partial charge on any atom is 0.374 e. The van der Waals surface area contributed by atoms with Crippen LogP contribution in [0.3, 0.4) is 0 Å². The molecule has 0 atom stereocenters. The van der Waals surface area contributed by atoms with E-state index in [1.165, 1.54) is 0 Å². The van der Waals surface area contributed by atoms with E-state index in [2.05, 4.69) is 31.9 Å². The molecule has 0 aliphatic heterocycles. The number of benzene rings is 1. The van der Waals surface area contributed by atoms with Crippen LogP contribution in [0.15, 0.2) is 36.4 Å². The molecule has 1 aromatic heterocycles. The zero-order valence-corrected chi connectivity index (χ0v) is 12.5. The van der Waals surface area contributed by atoms with Crippen molar-refractivity contribution in [2.75, 3.05) is 6.61 Å². The molecule has 0 spiro atoms. The van der Waals surface area contributed by atoms with Crippen LogP contribution in [0.2, 0.25) is 0 Å². The predicted octanol–water partition coefficient (Wildman–Crippen LogP) is 3.49. The number of esters is 1. The molecular weight excluding hydrogens is 368 g/mol. The fourth-order valence-corrected chi connectivity index (χ4v) is 2.79. The van der Waals surface area contributed by atoms with Gasteiger partial charge in [-0.15, -0.1) is 0 Å². The van der Waals surface area contributed by atoms with Gasteiger partial charge in [-0.1, -0.05) is 15.9 Å². The Morgan fingerprint density at radius 2 is 2.06 bits per heavy atom. The van der Waals surface area contributed by atoms with E-state index in [0.29, 0.717) is 15.4 Å². The molecule has 0 radical (unpaired) electrons. The highest BCUT2D eigenvalue weighted by molar-refractivity contribution is 9.11. The fourth-order valence-electron chi connectivity index (χ4n) is 1.49. The summed E-state index contributed by atoms with van der Waals surface area (Å²) in [5.74, 6) is -0.747. The normalized spacial score (nSPS) is 10.6. The number of ether oxygens (including phenoxy) is 1. The lowest BCUT2D eigenvalue weighted by atomic mass is 10.2. The summed E-state index contributed by atoms with van der Waals surface area (Å²) in [6, 6.07) is 4.51. The summed E-state index contributed by atoms with van der Waals surface area (Å²) in [6.07, 6.45) is 0. The lowest BCUT2D eigenvalue weighted by Crippen LogP contribution is -2.10. The quantitative estimate of drug-likeness (QED) is 0.754. The van der Waals surface area contributed by atoms with Gasteiger partial charge in [-0.25, -0.2) is 4.79 Å². The Hall–Kier alpha value is -1.14. The van der Waals surface area contributed by atoms with Crippen LogP contribution < -0.4 is 5.43 Å². The molecule has 0 fully saturated rings. The molecule has 2 aromatic rings. The molecule has 1 heterocycles. The zero-order valence-electron chi connectivity index (χ0n) is 9.33. The van der Waals surface area contributed by atoms with Crippen LogP contribution in [0.25, 0.3) is 11.0 Å². The summed E-state index contributed by atoms with van der Waals surface area (Å²) in [7, 11) is 0. The van der Waals surface area contributed by atoms with Crippen LogP contribution in [-0.4, -0.2) is 12.6 Å². The van der Waals surface area contributed by atoms with Gasteiger partial charge >= 0.3 is 5.97 Å². The van der Waals surface area contributed by atoms with Crippen molar-refractivity contribution in [3.8, 4) is 0 Å². The van der Waals surface area contributed by atoms with E-state index in [1.54, 1.807) is 19.1 Å². The van der Waals surface area contributed by atoms with Crippen molar-refractivity contribution in [3.63, 3.8) is 0 Å². The van der Waals surface area contributed by atoms with Gasteiger partial charge in [0.15, 0.2) is 11.0 Å². The lowest BCUT2D eigenvalue weighted by Gasteiger charge is -2.04. The van der Waals surface area contributed by atoms with E-state index >= 15 is 0 Å². The number of hydrogen-bond donors (Lipinski definition) is 0. The fraction of sp³-hybridized carbons (Fsp3) is 0.167. The minimum absolute atomic E-state index is 0.0997. The minimum atomic E-state index is -0.647. The predicted molar refractivity (Wildman–Crippen MR) is 73.8 cm³/mol. The van der Waals surface area contributed by atoms with Crippen LogP contribution in [0.5, 0.6) is 0 Å². The summed E-state index contributed by atoms with van der Waals surface area (Å²) in [4.78, 5) is 23.4. The molecule has 6 heteroatoms. The number of hydrogen-bond acceptors (Lipinski definition) is 4. The third-order valence-corrected chi connectivity index (χ3v) is 3.27. The Kier molecular flexibility index (Phi) is 3.87. The van der Waals surface area contributed by atoms with Crippen molar-refractivity contribution in [1.29, 1.82) is 0 Å². The minimum Gasteiger partial charge on any atom is -0.460 e. The average molecular weight is 376 g/mol. The third-order valence-electron chi connectivity index (χ3n) is 2.22. The molecule has 0 amide bonds. The number of fused-ring (bicyclic) bond motifs is 1. The number of carbonyl (C=O) groups excluding carboxylic acids is 1. The van der Waals surface area contributed by atoms with Crippen LogP contribution >= 0.6 is 31.9 Å². The van der Waals surface area contributed by atoms with E-state index in [1.807, 2.05) is 0 Å². The maximum absolute atomic E-state index is 11.9. The van der Waals surface area contributed by atoms with E-state index in [4.69, 9.17) is 9.15 Å². The smallest absolute Gasteiger partial charge is 0.374 e. The van der Waals surface area contributed by atoms with E-state index < -0.39 is 5.97 Å². The van der Waals surface area contributed by atoms with Crippen molar-refractivity contribution in [2.45, 2.75) is 6.92 Å². The monoisotopic (exact) mass is 374 g/mol. The van der Waals surface area contributed by atoms with Crippen LogP contribution in [-0.2, 0) is 4.74 Å². The van der Waals surface area contributed by atoms with E-state index in [0.717, 1.165) is 10.5 Å². The summed E-state index contributed by atoms with van der Waals surface area (Å²) in [6.45, 7) is 1.91. The van der Waals surface area contributed by atoms with Gasteiger partial charge in [0.2, 0.25) is 5.76 Å². The maximum atomic E-state index is 11.9. The highest BCUT2D eigenvalue weighted by Gasteiger charge is 2.15. The van der Waals surface area contributed by atoms with Gasteiger partial charge in [0.05, 0.1) is 16.5 Å². The lowest BCUT2D eigenvalue weighted by molar-refractivity contribution is 0.0490. The molecule has 0 unspecified atom stereocenters. The first-order valence-corrected chi connectivity index (χ1v) is 6.71. The van der Waals surface area contributed by atoms with Gasteiger partial charge < -0.3 is 9.15 Å². The highest BCUT2D eigenvalue weighted by Crippen LogP contribution is 2.27. The Morgan fingerprint density at radius 3 is 2.72 bits per heavy atom. The van der Waals surface area contributed by atoms with Gasteiger partial charge in [0.1, 0.15) is 0 Å². The molecule has 0 aliphatic carbocycles. The van der Waals surface area contributed by atoms with Gasteiger partial charge in [0, 0.05) is 10.5 Å². The van der Waals surface area contributed by atoms with Crippen molar-refractivity contribution in [1.82, 2.24) is 0 Å². The van der Waals surface area contributed by atoms with Gasteiger partial charge in [0.25, 0.3) is 0 Å². The second-order valence-electron chi connectivity index (χ2n) is 3.46. The van der Waals surface area contributed by atoms with Crippen molar-refractivity contribution < 1.29 is 13.9 Å². The average Bonchev–Trinajstić information content (AvgIpc) is 2.30. The Morgan fingerprint density at radius 1 is 1.33 bits per heavy atom. The second-order valence-corrected chi connectivity index (χ2v) is 5.23. The Labute approximate surface area is 119 Å². The summed E-state index contributed by atoms with van der Waals surface area (Å²) in [5, 5.41) is 0.393. The summed E-state index contributed by atoms with van der Waals surface area (Å²) in [5.41, 5.74) is 0.0371. The van der Waals surface area contributed by atoms with Gasteiger partial charge in [-0.05, 0) is 35.0 Å². The van der Waals surface area contributed by atoms with Gasteiger partial charge in [-0.3, -0.25) is 4.79 Å². The Balaban J connectivity index is 2.69. The summed E-state index contributed by atoms with van der Waals surface area (Å²) >= 11 is 6.58. The molecule has 2 rings (SSSR count). The zero-order chi connectivity index (χ0) is 13.3. The van der Waals surface area contributed by atoms with Crippen molar-refractivity contribution in [2.24, 2.45) is 0 Å².